The number of aryl methyl sites for hydroxylation is 2. The van der Waals surface area contributed by atoms with Gasteiger partial charge in [-0.1, -0.05) is 36.4 Å². The van der Waals surface area contributed by atoms with Crippen molar-refractivity contribution < 1.29 is 23.1 Å². The summed E-state index contributed by atoms with van der Waals surface area (Å²) in [6, 6.07) is 22.6. The number of ether oxygens (including phenoxy) is 1. The fourth-order valence-electron chi connectivity index (χ4n) is 3.72. The van der Waals surface area contributed by atoms with Crippen LogP contribution in [0.2, 0.25) is 0 Å². The van der Waals surface area contributed by atoms with E-state index in [1.165, 1.54) is 16.1 Å². The zero-order chi connectivity index (χ0) is 24.8. The van der Waals surface area contributed by atoms with E-state index in [4.69, 9.17) is 8.92 Å². The van der Waals surface area contributed by atoms with Crippen LogP contribution in [0.5, 0.6) is 11.5 Å². The maximum Gasteiger partial charge on any atom is 0.318 e. The molecule has 1 atom stereocenters. The molecule has 1 amide bonds. The van der Waals surface area contributed by atoms with Crippen molar-refractivity contribution in [3.63, 3.8) is 0 Å². The number of amides is 1. The highest BCUT2D eigenvalue weighted by molar-refractivity contribution is 7.82. The van der Waals surface area contributed by atoms with Crippen molar-refractivity contribution in [1.82, 2.24) is 10.5 Å². The van der Waals surface area contributed by atoms with Crippen molar-refractivity contribution >= 4 is 33.8 Å². The number of pyridine rings is 1. The third-order valence-corrected chi connectivity index (χ3v) is 6.53. The summed E-state index contributed by atoms with van der Waals surface area (Å²) in [5.74, 6) is 0.241. The Morgan fingerprint density at radius 3 is 2.37 bits per heavy atom. The molecule has 0 saturated heterocycles. The van der Waals surface area contributed by atoms with E-state index >= 15 is 0 Å². The lowest BCUT2D eigenvalue weighted by atomic mass is 10.0. The van der Waals surface area contributed by atoms with Crippen LogP contribution in [-0.4, -0.2) is 34.5 Å². The van der Waals surface area contributed by atoms with Crippen molar-refractivity contribution in [2.45, 2.75) is 12.8 Å². The quantitative estimate of drug-likeness (QED) is 0.268. The van der Waals surface area contributed by atoms with Crippen molar-refractivity contribution in [2.75, 3.05) is 18.5 Å². The number of nitrogens with one attached hydrogen (secondary N) is 1. The number of benzene rings is 3. The normalized spacial score (nSPS) is 11.6. The van der Waals surface area contributed by atoms with E-state index in [-0.39, 0.29) is 5.56 Å². The molecule has 4 aromatic rings. The van der Waals surface area contributed by atoms with Gasteiger partial charge in [-0.25, -0.2) is 5.48 Å². The summed E-state index contributed by atoms with van der Waals surface area (Å²) in [5, 5.41) is 9.91. The van der Waals surface area contributed by atoms with E-state index in [2.05, 4.69) is 17.1 Å². The summed E-state index contributed by atoms with van der Waals surface area (Å²) in [5.41, 5.74) is 4.90. The molecular formula is C26H25N3O5S. The van der Waals surface area contributed by atoms with Gasteiger partial charge in [0.25, 0.3) is 5.91 Å². The van der Waals surface area contributed by atoms with Gasteiger partial charge in [-0.05, 0) is 60.4 Å². The summed E-state index contributed by atoms with van der Waals surface area (Å²) in [6.45, 7) is 0. The monoisotopic (exact) mass is 491 g/mol. The Labute approximate surface area is 205 Å². The molecule has 2 N–H and O–H groups in total. The maximum absolute atomic E-state index is 13.1. The van der Waals surface area contributed by atoms with Gasteiger partial charge in [0.2, 0.25) is 0 Å². The van der Waals surface area contributed by atoms with E-state index < -0.39 is 17.2 Å². The van der Waals surface area contributed by atoms with Gasteiger partial charge in [0.1, 0.15) is 11.5 Å². The van der Waals surface area contributed by atoms with Crippen LogP contribution < -0.4 is 18.7 Å². The molecule has 0 aliphatic heterocycles. The van der Waals surface area contributed by atoms with Crippen molar-refractivity contribution in [1.29, 1.82) is 0 Å². The largest absolute Gasteiger partial charge is 0.497 e. The predicted octanol–water partition coefficient (Wildman–Crippen LogP) is 4.24. The highest BCUT2D eigenvalue weighted by Gasteiger charge is 2.23. The molecule has 0 spiro atoms. The lowest BCUT2D eigenvalue weighted by molar-refractivity contribution is 0.0707. The SMILES string of the molecule is COc1ccc(OS(=O)N(C)c2c(C(=O)NO)cnc3ccc(CCc4ccccc4)cc23)cc1. The minimum Gasteiger partial charge on any atom is -0.497 e. The van der Waals surface area contributed by atoms with Gasteiger partial charge >= 0.3 is 11.3 Å². The standard InChI is InChI=1S/C26H25N3O5S/c1-29(35(32)34-21-13-11-20(33-2)12-14-21)25-22-16-19(9-8-18-6-4-3-5-7-18)10-15-24(22)27-17-23(25)26(30)28-31/h3-7,10-17,31H,8-9H2,1-2H3,(H,28,30). The summed E-state index contributed by atoms with van der Waals surface area (Å²) in [4.78, 5) is 16.8. The molecule has 4 rings (SSSR count). The molecule has 0 bridgehead atoms. The van der Waals surface area contributed by atoms with Crippen LogP contribution in [0.25, 0.3) is 10.9 Å². The van der Waals surface area contributed by atoms with Crippen molar-refractivity contribution in [2.24, 2.45) is 0 Å². The second kappa shape index (κ2) is 11.0. The van der Waals surface area contributed by atoms with Crippen molar-refractivity contribution in [3.05, 3.63) is 95.7 Å². The lowest BCUT2D eigenvalue weighted by Crippen LogP contribution is -2.29. The number of aromatic nitrogens is 1. The number of hydroxylamine groups is 1. The molecule has 0 aliphatic carbocycles. The van der Waals surface area contributed by atoms with Gasteiger partial charge in [-0.3, -0.25) is 19.3 Å². The molecular weight excluding hydrogens is 466 g/mol. The number of nitrogens with zero attached hydrogens (tertiary/aromatic N) is 2. The number of anilines is 1. The van der Waals surface area contributed by atoms with Gasteiger partial charge in [0, 0.05) is 18.6 Å². The smallest absolute Gasteiger partial charge is 0.318 e. The average molecular weight is 492 g/mol. The molecule has 9 heteroatoms. The molecule has 35 heavy (non-hydrogen) atoms. The Kier molecular flexibility index (Phi) is 7.59. The summed E-state index contributed by atoms with van der Waals surface area (Å²) in [6.07, 6.45) is 2.95. The minimum absolute atomic E-state index is 0.0643. The fourth-order valence-corrected chi connectivity index (χ4v) is 4.46. The first-order valence-corrected chi connectivity index (χ1v) is 11.9. The maximum atomic E-state index is 13.1. The molecule has 1 heterocycles. The van der Waals surface area contributed by atoms with Gasteiger partial charge in [-0.2, -0.15) is 4.21 Å². The molecule has 0 saturated carbocycles. The number of hydrogen-bond donors (Lipinski definition) is 2. The number of fused-ring (bicyclic) bond motifs is 1. The third kappa shape index (κ3) is 5.59. The van der Waals surface area contributed by atoms with Gasteiger partial charge in [0.15, 0.2) is 0 Å². The first-order valence-electron chi connectivity index (χ1n) is 10.9. The molecule has 180 valence electrons. The van der Waals surface area contributed by atoms with Crippen LogP contribution in [0.4, 0.5) is 5.69 Å². The summed E-state index contributed by atoms with van der Waals surface area (Å²) < 4.78 is 25.2. The van der Waals surface area contributed by atoms with Gasteiger partial charge in [-0.15, -0.1) is 0 Å². The number of rotatable bonds is 9. The molecule has 1 unspecified atom stereocenters. The number of hydrogen-bond acceptors (Lipinski definition) is 6. The zero-order valence-corrected chi connectivity index (χ0v) is 20.1. The van der Waals surface area contributed by atoms with Crippen LogP contribution in [0.1, 0.15) is 21.5 Å². The predicted molar refractivity (Wildman–Crippen MR) is 135 cm³/mol. The Morgan fingerprint density at radius 2 is 1.69 bits per heavy atom. The van der Waals surface area contributed by atoms with E-state index in [0.717, 1.165) is 18.4 Å². The molecule has 1 aromatic heterocycles. The van der Waals surface area contributed by atoms with Crippen LogP contribution in [0.3, 0.4) is 0 Å². The minimum atomic E-state index is -2.00. The van der Waals surface area contributed by atoms with Crippen LogP contribution >= 0.6 is 0 Å². The molecule has 0 fully saturated rings. The van der Waals surface area contributed by atoms with E-state index in [0.29, 0.717) is 28.1 Å². The summed E-state index contributed by atoms with van der Waals surface area (Å²) in [7, 11) is 3.11. The van der Waals surface area contributed by atoms with Gasteiger partial charge in [0.05, 0.1) is 23.9 Å². The zero-order valence-electron chi connectivity index (χ0n) is 19.3. The Bertz CT molecular complexity index is 1350. The molecule has 0 aliphatic rings. The highest BCUT2D eigenvalue weighted by Crippen LogP contribution is 2.32. The van der Waals surface area contributed by atoms with Gasteiger partial charge < -0.3 is 8.92 Å². The lowest BCUT2D eigenvalue weighted by Gasteiger charge is -2.22. The number of methoxy groups -OCH3 is 1. The molecule has 3 aromatic carbocycles. The highest BCUT2D eigenvalue weighted by atomic mass is 32.2. The van der Waals surface area contributed by atoms with E-state index in [1.54, 1.807) is 43.9 Å². The molecule has 8 nitrogen and oxygen atoms in total. The van der Waals surface area contributed by atoms with Crippen LogP contribution in [0.15, 0.2) is 79.0 Å². The van der Waals surface area contributed by atoms with Crippen LogP contribution in [0, 0.1) is 0 Å². The first-order chi connectivity index (χ1) is 17.0. The summed E-state index contributed by atoms with van der Waals surface area (Å²) >= 11 is -2.00. The average Bonchev–Trinajstić information content (AvgIpc) is 2.91. The third-order valence-electron chi connectivity index (χ3n) is 5.56. The second-order valence-electron chi connectivity index (χ2n) is 7.77. The van der Waals surface area contributed by atoms with Crippen LogP contribution in [-0.2, 0) is 24.1 Å². The fraction of sp³-hybridized carbons (Fsp3) is 0.154. The Balaban J connectivity index is 1.69. The van der Waals surface area contributed by atoms with E-state index in [1.807, 2.05) is 36.4 Å². The van der Waals surface area contributed by atoms with Crippen molar-refractivity contribution in [3.8, 4) is 11.5 Å². The number of carbonyl (C=O) groups excluding carboxylic acids is 1. The van der Waals surface area contributed by atoms with E-state index in [9.17, 15) is 14.2 Å². The molecule has 0 radical (unpaired) electrons. The topological polar surface area (TPSA) is 101 Å². The second-order valence-corrected chi connectivity index (χ2v) is 8.92. The number of carbonyl (C=O) groups is 1. The first kappa shape index (κ1) is 24.2. The Hall–Kier alpha value is -3.95. The Morgan fingerprint density at radius 1 is 1.00 bits per heavy atom.